The summed E-state index contributed by atoms with van der Waals surface area (Å²) in [6.45, 7) is 14.8. The molecule has 6 unspecified atom stereocenters. The molecule has 3 N–H and O–H groups in total. The molecule has 0 aromatic heterocycles. The van der Waals surface area contributed by atoms with Crippen LogP contribution in [0, 0.1) is 17.8 Å². The van der Waals surface area contributed by atoms with Crippen LogP contribution in [0.15, 0.2) is 47.7 Å². The van der Waals surface area contributed by atoms with Crippen molar-refractivity contribution in [3.05, 3.63) is 48.1 Å². The Bertz CT molecular complexity index is 1410. The van der Waals surface area contributed by atoms with Crippen LogP contribution in [0.4, 0.5) is 9.59 Å². The first-order chi connectivity index (χ1) is 24.5. The first-order valence-corrected chi connectivity index (χ1v) is 18.5. The topological polar surface area (TPSA) is 148 Å². The summed E-state index contributed by atoms with van der Waals surface area (Å²) in [5.74, 6) is -1.02. The summed E-state index contributed by atoms with van der Waals surface area (Å²) in [4.78, 5) is 34.0. The Balaban J connectivity index is 2.06. The summed E-state index contributed by atoms with van der Waals surface area (Å²) >= 11 is 0. The molecule has 0 spiro atoms. The van der Waals surface area contributed by atoms with Crippen LogP contribution in [0.25, 0.3) is 0 Å². The SMILES string of the molecule is C=CCOC12Oc3ccc(OC(=O)NCC)cc3C3C(CCCCO)C(CCCCO)C=C(C(=NOC(C)(C)C)CC1N(CCC)C(=O)OC)C32. The van der Waals surface area contributed by atoms with Gasteiger partial charge in [-0.05, 0) is 95.4 Å². The summed E-state index contributed by atoms with van der Waals surface area (Å²) < 4.78 is 25.1. The molecule has 1 heterocycles. The molecule has 2 aliphatic carbocycles. The number of allylic oxidation sites excluding steroid dienone is 1. The van der Waals surface area contributed by atoms with Gasteiger partial charge in [-0.15, -0.1) is 6.58 Å². The number of hydrogen-bond acceptors (Lipinski definition) is 10. The highest BCUT2D eigenvalue weighted by molar-refractivity contribution is 6.03. The van der Waals surface area contributed by atoms with Crippen LogP contribution >= 0.6 is 0 Å². The van der Waals surface area contributed by atoms with Crippen molar-refractivity contribution in [2.75, 3.05) is 40.0 Å². The largest absolute Gasteiger partial charge is 0.459 e. The van der Waals surface area contributed by atoms with Crippen molar-refractivity contribution in [2.24, 2.45) is 22.9 Å². The van der Waals surface area contributed by atoms with E-state index in [2.05, 4.69) is 18.0 Å². The highest BCUT2D eigenvalue weighted by Crippen LogP contribution is 2.62. The number of nitrogens with one attached hydrogen (secondary N) is 1. The fraction of sp³-hybridized carbons (Fsp3) is 0.667. The first kappa shape index (κ1) is 40.2. The van der Waals surface area contributed by atoms with Crippen molar-refractivity contribution >= 4 is 17.9 Å². The minimum Gasteiger partial charge on any atom is -0.459 e. The number of amides is 2. The molecule has 0 saturated heterocycles. The number of oxime groups is 1. The van der Waals surface area contributed by atoms with Crippen LogP contribution in [0.2, 0.25) is 0 Å². The van der Waals surface area contributed by atoms with Gasteiger partial charge in [-0.1, -0.05) is 37.1 Å². The van der Waals surface area contributed by atoms with E-state index in [1.54, 1.807) is 17.0 Å². The number of carbonyl (C=O) groups excluding carboxylic acids is 2. The van der Waals surface area contributed by atoms with Gasteiger partial charge in [0.15, 0.2) is 0 Å². The van der Waals surface area contributed by atoms with Crippen molar-refractivity contribution in [1.29, 1.82) is 0 Å². The number of aliphatic hydroxyl groups is 2. The molecule has 284 valence electrons. The van der Waals surface area contributed by atoms with Crippen LogP contribution in [-0.4, -0.2) is 90.5 Å². The van der Waals surface area contributed by atoms with Crippen LogP contribution in [0.3, 0.4) is 0 Å². The molecular weight excluding hydrogens is 654 g/mol. The second-order valence-electron chi connectivity index (χ2n) is 14.6. The Labute approximate surface area is 303 Å². The highest BCUT2D eigenvalue weighted by Gasteiger charge is 2.65. The molecule has 51 heavy (non-hydrogen) atoms. The minimum absolute atomic E-state index is 0.0411. The molecule has 4 rings (SSSR count). The van der Waals surface area contributed by atoms with Crippen LogP contribution < -0.4 is 14.8 Å². The maximum absolute atomic E-state index is 13.6. The van der Waals surface area contributed by atoms with E-state index in [-0.39, 0.29) is 44.0 Å². The quantitative estimate of drug-likeness (QED) is 0.0911. The van der Waals surface area contributed by atoms with E-state index in [0.717, 1.165) is 36.8 Å². The van der Waals surface area contributed by atoms with Gasteiger partial charge in [0.05, 0.1) is 25.3 Å². The predicted octanol–water partition coefficient (Wildman–Crippen LogP) is 6.71. The van der Waals surface area contributed by atoms with E-state index in [1.165, 1.54) is 7.11 Å². The molecule has 1 saturated carbocycles. The number of carbonyl (C=O) groups is 2. The Kier molecular flexibility index (Phi) is 14.4. The van der Waals surface area contributed by atoms with Gasteiger partial charge in [-0.2, -0.15) is 0 Å². The Morgan fingerprint density at radius 2 is 1.86 bits per heavy atom. The van der Waals surface area contributed by atoms with E-state index < -0.39 is 35.5 Å². The third-order valence-electron chi connectivity index (χ3n) is 9.86. The summed E-state index contributed by atoms with van der Waals surface area (Å²) in [5.41, 5.74) is 1.92. The van der Waals surface area contributed by atoms with Crippen molar-refractivity contribution in [2.45, 2.75) is 109 Å². The lowest BCUT2D eigenvalue weighted by Gasteiger charge is -2.59. The average molecular weight is 714 g/mol. The minimum atomic E-state index is -1.38. The van der Waals surface area contributed by atoms with E-state index in [1.807, 2.05) is 46.8 Å². The van der Waals surface area contributed by atoms with Gasteiger partial charge in [0.25, 0.3) is 0 Å². The summed E-state index contributed by atoms with van der Waals surface area (Å²) in [7, 11) is 1.37. The Morgan fingerprint density at radius 3 is 2.49 bits per heavy atom. The summed E-state index contributed by atoms with van der Waals surface area (Å²) in [5, 5.41) is 27.0. The van der Waals surface area contributed by atoms with Gasteiger partial charge in [0.2, 0.25) is 5.79 Å². The van der Waals surface area contributed by atoms with Gasteiger partial charge in [-0.25, -0.2) is 9.59 Å². The number of unbranched alkanes of at least 4 members (excludes halogenated alkanes) is 2. The summed E-state index contributed by atoms with van der Waals surface area (Å²) in [6, 6.07) is 4.74. The monoisotopic (exact) mass is 713 g/mol. The molecule has 3 aliphatic rings. The number of nitrogens with zero attached hydrogens (tertiary/aromatic N) is 2. The van der Waals surface area contributed by atoms with Gasteiger partial charge in [0.1, 0.15) is 23.1 Å². The molecule has 1 aromatic rings. The number of aliphatic hydroxyl groups excluding tert-OH is 2. The first-order valence-electron chi connectivity index (χ1n) is 18.5. The normalized spacial score (nSPS) is 25.8. The maximum atomic E-state index is 13.6. The van der Waals surface area contributed by atoms with Crippen molar-refractivity contribution in [3.63, 3.8) is 0 Å². The lowest BCUT2D eigenvalue weighted by molar-refractivity contribution is -0.255. The predicted molar refractivity (Wildman–Crippen MR) is 195 cm³/mol. The summed E-state index contributed by atoms with van der Waals surface area (Å²) in [6.07, 6.45) is 8.42. The lowest BCUT2D eigenvalue weighted by Crippen LogP contribution is -2.70. The van der Waals surface area contributed by atoms with E-state index in [0.29, 0.717) is 49.6 Å². The van der Waals surface area contributed by atoms with Gasteiger partial charge >= 0.3 is 12.2 Å². The molecule has 12 nitrogen and oxygen atoms in total. The molecule has 2 amide bonds. The maximum Gasteiger partial charge on any atom is 0.412 e. The number of hydrogen-bond donors (Lipinski definition) is 3. The second-order valence-corrected chi connectivity index (χ2v) is 14.6. The van der Waals surface area contributed by atoms with Crippen molar-refractivity contribution < 1.29 is 43.6 Å². The van der Waals surface area contributed by atoms with Crippen LogP contribution in [0.1, 0.15) is 97.5 Å². The molecule has 1 aliphatic heterocycles. The number of ether oxygens (including phenoxy) is 4. The number of methoxy groups -OCH3 is 1. The zero-order chi connectivity index (χ0) is 37.2. The average Bonchev–Trinajstić information content (AvgIpc) is 3.10. The van der Waals surface area contributed by atoms with Crippen molar-refractivity contribution in [3.8, 4) is 11.5 Å². The molecule has 12 heteroatoms. The fourth-order valence-corrected chi connectivity index (χ4v) is 7.92. The molecule has 0 radical (unpaired) electrons. The third kappa shape index (κ3) is 9.25. The molecular formula is C39H59N3O9. The number of fused-ring (bicyclic) bond motifs is 2. The van der Waals surface area contributed by atoms with E-state index in [9.17, 15) is 19.8 Å². The third-order valence-corrected chi connectivity index (χ3v) is 9.86. The molecule has 0 bridgehead atoms. The zero-order valence-corrected chi connectivity index (χ0v) is 31.3. The molecule has 1 fully saturated rings. The lowest BCUT2D eigenvalue weighted by atomic mass is 9.55. The molecule has 1 aromatic carbocycles. The fourth-order valence-electron chi connectivity index (χ4n) is 7.92. The Morgan fingerprint density at radius 1 is 1.14 bits per heavy atom. The van der Waals surface area contributed by atoms with Gasteiger partial charge < -0.3 is 39.3 Å². The Hall–Kier alpha value is -3.61. The number of rotatable bonds is 17. The second kappa shape index (κ2) is 18.2. The smallest absolute Gasteiger partial charge is 0.412 e. The molecule has 6 atom stereocenters. The van der Waals surface area contributed by atoms with Gasteiger partial charge in [-0.3, -0.25) is 4.90 Å². The standard InChI is InChI=1S/C39H59N3O9/c1-8-19-42(37(46)47-7)33-25-31(41-51-38(4,5)6)29-23-26(15-11-13-20-43)28(16-12-14-21-44)34-30-24-27(49-36(45)40-10-3)17-18-32(30)50-39(33,35(29)34)48-22-9-2/h9,17-18,23-24,26,28,33-35,43-44H,2,8,10-16,19-22,25H2,1,3-7H3,(H,40,45). The zero-order valence-electron chi connectivity index (χ0n) is 31.3. The van der Waals surface area contributed by atoms with Crippen LogP contribution in [0.5, 0.6) is 11.5 Å². The van der Waals surface area contributed by atoms with Crippen molar-refractivity contribution in [1.82, 2.24) is 10.2 Å². The highest BCUT2D eigenvalue weighted by atomic mass is 16.7. The van der Waals surface area contributed by atoms with Crippen LogP contribution in [-0.2, 0) is 14.3 Å². The number of benzene rings is 1. The van der Waals surface area contributed by atoms with Gasteiger partial charge in [0, 0.05) is 44.2 Å². The van der Waals surface area contributed by atoms with E-state index in [4.69, 9.17) is 28.9 Å². The van der Waals surface area contributed by atoms with E-state index >= 15 is 0 Å².